The maximum atomic E-state index is 12.0. The summed E-state index contributed by atoms with van der Waals surface area (Å²) in [5.74, 6) is 0.0256. The largest absolute Gasteiger partial charge is 0.466 e. The van der Waals surface area contributed by atoms with Crippen LogP contribution in [0.5, 0.6) is 0 Å². The van der Waals surface area contributed by atoms with E-state index in [-0.39, 0.29) is 5.97 Å². The summed E-state index contributed by atoms with van der Waals surface area (Å²) in [4.78, 5) is 12.0. The van der Waals surface area contributed by atoms with Crippen LogP contribution in [0, 0.1) is 0 Å². The molecule has 57 heavy (non-hydrogen) atoms. The Morgan fingerprint density at radius 2 is 0.491 bits per heavy atom. The average molecular weight is 801 g/mol. The van der Waals surface area contributed by atoms with Crippen molar-refractivity contribution in [1.82, 2.24) is 0 Å². The predicted molar refractivity (Wildman–Crippen MR) is 258 cm³/mol. The van der Waals surface area contributed by atoms with E-state index < -0.39 is 0 Å². The number of hydrogen-bond acceptors (Lipinski definition) is 2. The third-order valence-corrected chi connectivity index (χ3v) is 12.7. The van der Waals surface area contributed by atoms with E-state index in [1.54, 1.807) is 0 Å². The summed E-state index contributed by atoms with van der Waals surface area (Å²) in [6.07, 6.45) is 72.4. The smallest absolute Gasteiger partial charge is 0.305 e. The molecule has 0 unspecified atom stereocenters. The first-order valence-corrected chi connectivity index (χ1v) is 27.1. The summed E-state index contributed by atoms with van der Waals surface area (Å²) in [7, 11) is 0. The highest BCUT2D eigenvalue weighted by molar-refractivity contribution is 5.69. The van der Waals surface area contributed by atoms with Gasteiger partial charge >= 0.3 is 5.97 Å². The lowest BCUT2D eigenvalue weighted by Crippen LogP contribution is -2.05. The maximum Gasteiger partial charge on any atom is 0.305 e. The van der Waals surface area contributed by atoms with Crippen molar-refractivity contribution in [3.05, 3.63) is 12.2 Å². The van der Waals surface area contributed by atoms with Crippen LogP contribution in [0.15, 0.2) is 12.2 Å². The van der Waals surface area contributed by atoms with E-state index in [0.29, 0.717) is 13.0 Å². The number of allylic oxidation sites excluding steroid dienone is 2. The Labute approximate surface area is 361 Å². The molecule has 0 aromatic rings. The van der Waals surface area contributed by atoms with Crippen LogP contribution in [0.4, 0.5) is 0 Å². The second-order valence-corrected chi connectivity index (χ2v) is 18.6. The predicted octanol–water partition coefficient (Wildman–Crippen LogP) is 20.2. The molecule has 0 heterocycles. The fraction of sp³-hybridized carbons (Fsp3) is 0.945. The standard InChI is InChI=1S/C55H108O2/c1-3-5-7-9-11-13-15-17-19-20-21-22-23-24-25-26-27-28-29-30-31-32-33-34-35-36-37-38-39-40-41-43-45-47-49-51-53-55(56)57-54-52-50-48-46-44-42-18-16-14-12-10-8-6-4-2/h14,16H,3-13,15,17-54H2,1-2H3/b16-14-. The van der Waals surface area contributed by atoms with Crippen molar-refractivity contribution in [1.29, 1.82) is 0 Å². The minimum atomic E-state index is 0.0256. The van der Waals surface area contributed by atoms with Gasteiger partial charge in [0.1, 0.15) is 0 Å². The van der Waals surface area contributed by atoms with Crippen molar-refractivity contribution in [3.63, 3.8) is 0 Å². The van der Waals surface area contributed by atoms with Crippen LogP contribution in [0.1, 0.15) is 328 Å². The molecule has 0 atom stereocenters. The molecule has 2 nitrogen and oxygen atoms in total. The fourth-order valence-corrected chi connectivity index (χ4v) is 8.61. The molecule has 0 fully saturated rings. The minimum Gasteiger partial charge on any atom is -0.466 e. The molecule has 340 valence electrons. The molecule has 0 bridgehead atoms. The molecule has 0 saturated heterocycles. The van der Waals surface area contributed by atoms with Crippen molar-refractivity contribution in [2.24, 2.45) is 0 Å². The highest BCUT2D eigenvalue weighted by Crippen LogP contribution is 2.18. The molecule has 0 amide bonds. The number of carbonyl (C=O) groups is 1. The Balaban J connectivity index is 3.14. The van der Waals surface area contributed by atoms with E-state index in [9.17, 15) is 4.79 Å². The van der Waals surface area contributed by atoms with Crippen molar-refractivity contribution in [2.75, 3.05) is 6.61 Å². The van der Waals surface area contributed by atoms with Crippen LogP contribution in [-0.4, -0.2) is 12.6 Å². The molecule has 0 radical (unpaired) electrons. The van der Waals surface area contributed by atoms with Gasteiger partial charge in [-0.2, -0.15) is 0 Å². The topological polar surface area (TPSA) is 26.3 Å². The quantitative estimate of drug-likeness (QED) is 0.0348. The van der Waals surface area contributed by atoms with E-state index in [1.807, 2.05) is 0 Å². The molecule has 2 heteroatoms. The normalized spacial score (nSPS) is 11.7. The van der Waals surface area contributed by atoms with Gasteiger partial charge in [-0.3, -0.25) is 4.79 Å². The summed E-state index contributed by atoms with van der Waals surface area (Å²) in [6.45, 7) is 5.21. The van der Waals surface area contributed by atoms with E-state index in [1.165, 1.54) is 295 Å². The molecule has 0 spiro atoms. The van der Waals surface area contributed by atoms with E-state index in [4.69, 9.17) is 4.74 Å². The summed E-state index contributed by atoms with van der Waals surface area (Å²) in [6, 6.07) is 0. The summed E-state index contributed by atoms with van der Waals surface area (Å²) < 4.78 is 5.47. The first-order chi connectivity index (χ1) is 28.3. The number of esters is 1. The molecule has 0 aliphatic carbocycles. The molecule has 0 N–H and O–H groups in total. The summed E-state index contributed by atoms with van der Waals surface area (Å²) >= 11 is 0. The number of hydrogen-bond donors (Lipinski definition) is 0. The lowest BCUT2D eigenvalue weighted by molar-refractivity contribution is -0.143. The Hall–Kier alpha value is -0.790. The zero-order chi connectivity index (χ0) is 41.1. The Bertz CT molecular complexity index is 743. The summed E-state index contributed by atoms with van der Waals surface area (Å²) in [5, 5.41) is 0. The second kappa shape index (κ2) is 53.2. The molecule has 0 aromatic heterocycles. The van der Waals surface area contributed by atoms with Crippen molar-refractivity contribution in [3.8, 4) is 0 Å². The molecule has 0 aliphatic heterocycles. The first-order valence-electron chi connectivity index (χ1n) is 27.1. The van der Waals surface area contributed by atoms with Crippen molar-refractivity contribution in [2.45, 2.75) is 328 Å². The third-order valence-electron chi connectivity index (χ3n) is 12.7. The van der Waals surface area contributed by atoms with Gasteiger partial charge in [0.15, 0.2) is 0 Å². The van der Waals surface area contributed by atoms with Gasteiger partial charge < -0.3 is 4.74 Å². The SMILES string of the molecule is CCCCCC/C=C\CCCCCCCCOC(=O)CCCCCCCCCCCCCCCCCCCCCCCCCCCCCCCCCCCCCC. The Morgan fingerprint density at radius 3 is 0.772 bits per heavy atom. The van der Waals surface area contributed by atoms with Crippen LogP contribution in [0.3, 0.4) is 0 Å². The van der Waals surface area contributed by atoms with Gasteiger partial charge in [-0.25, -0.2) is 0 Å². The van der Waals surface area contributed by atoms with E-state index in [0.717, 1.165) is 12.8 Å². The van der Waals surface area contributed by atoms with Crippen LogP contribution in [0.25, 0.3) is 0 Å². The number of rotatable bonds is 51. The van der Waals surface area contributed by atoms with Gasteiger partial charge in [0.25, 0.3) is 0 Å². The Morgan fingerprint density at radius 1 is 0.281 bits per heavy atom. The third kappa shape index (κ3) is 53.2. The number of carbonyl (C=O) groups excluding carboxylic acids is 1. The molecule has 0 aromatic carbocycles. The zero-order valence-electron chi connectivity index (χ0n) is 39.8. The highest BCUT2D eigenvalue weighted by atomic mass is 16.5. The lowest BCUT2D eigenvalue weighted by Gasteiger charge is -2.06. The molecular weight excluding hydrogens is 693 g/mol. The minimum absolute atomic E-state index is 0.0256. The van der Waals surface area contributed by atoms with Gasteiger partial charge in [-0.05, 0) is 38.5 Å². The van der Waals surface area contributed by atoms with E-state index in [2.05, 4.69) is 26.0 Å². The first kappa shape index (κ1) is 56.2. The fourth-order valence-electron chi connectivity index (χ4n) is 8.61. The van der Waals surface area contributed by atoms with Crippen LogP contribution in [0.2, 0.25) is 0 Å². The van der Waals surface area contributed by atoms with Crippen LogP contribution < -0.4 is 0 Å². The average Bonchev–Trinajstić information content (AvgIpc) is 3.22. The number of ether oxygens (including phenoxy) is 1. The molecular formula is C55H108O2. The molecule has 0 aliphatic rings. The van der Waals surface area contributed by atoms with Crippen molar-refractivity contribution >= 4 is 5.97 Å². The summed E-state index contributed by atoms with van der Waals surface area (Å²) in [5.41, 5.74) is 0. The second-order valence-electron chi connectivity index (χ2n) is 18.6. The monoisotopic (exact) mass is 801 g/mol. The van der Waals surface area contributed by atoms with Gasteiger partial charge in [0, 0.05) is 6.42 Å². The van der Waals surface area contributed by atoms with E-state index >= 15 is 0 Å². The van der Waals surface area contributed by atoms with Gasteiger partial charge in [-0.1, -0.05) is 296 Å². The molecule has 0 rings (SSSR count). The maximum absolute atomic E-state index is 12.0. The molecule has 0 saturated carbocycles. The van der Waals surface area contributed by atoms with Gasteiger partial charge in [0.2, 0.25) is 0 Å². The Kier molecular flexibility index (Phi) is 52.5. The zero-order valence-corrected chi connectivity index (χ0v) is 39.8. The lowest BCUT2D eigenvalue weighted by atomic mass is 10.0. The van der Waals surface area contributed by atoms with Gasteiger partial charge in [-0.15, -0.1) is 0 Å². The van der Waals surface area contributed by atoms with Gasteiger partial charge in [0.05, 0.1) is 6.61 Å². The number of unbranched alkanes of at least 4 members (excludes halogenated alkanes) is 45. The van der Waals surface area contributed by atoms with Crippen LogP contribution >= 0.6 is 0 Å². The van der Waals surface area contributed by atoms with Crippen molar-refractivity contribution < 1.29 is 9.53 Å². The van der Waals surface area contributed by atoms with Crippen LogP contribution in [-0.2, 0) is 9.53 Å². The highest BCUT2D eigenvalue weighted by Gasteiger charge is 2.03.